The molecular weight excluding hydrogens is 737 g/mol. The molecule has 4 N–H and O–H groups in total. The minimum absolute atomic E-state index is 0.0275. The molecule has 0 aliphatic rings. The fraction of sp³-hybridized carbons (Fsp3) is 0.333. The van der Waals surface area contributed by atoms with Crippen molar-refractivity contribution in [2.75, 3.05) is 6.61 Å². The first kappa shape index (κ1) is 40.8. The SMILES string of the molecule is CCCCCCCOc1ccc(-c2cnc(-c3ccc(C[C@H](NC(=O)c4ccc(C(C)(C)C)s4)C(=O)NC(Cc4c[nH]c5ncccc45)C(=O)O)cc3)nc2)cc1. The third-order valence-electron chi connectivity index (χ3n) is 9.77. The van der Waals surface area contributed by atoms with Crippen LogP contribution < -0.4 is 15.4 Å². The molecule has 4 aromatic heterocycles. The molecule has 0 bridgehead atoms. The Labute approximate surface area is 337 Å². The number of pyridine rings is 1. The highest BCUT2D eigenvalue weighted by atomic mass is 32.1. The Morgan fingerprint density at radius 3 is 2.21 bits per heavy atom. The molecule has 0 spiro atoms. The van der Waals surface area contributed by atoms with Crippen molar-refractivity contribution in [2.24, 2.45) is 0 Å². The quantitative estimate of drug-likeness (QED) is 0.0631. The van der Waals surface area contributed by atoms with E-state index in [-0.39, 0.29) is 18.3 Å². The summed E-state index contributed by atoms with van der Waals surface area (Å²) in [5, 5.41) is 16.5. The lowest BCUT2D eigenvalue weighted by Crippen LogP contribution is -2.53. The van der Waals surface area contributed by atoms with Gasteiger partial charge in [-0.1, -0.05) is 89.8 Å². The molecule has 0 saturated heterocycles. The number of hydrogen-bond acceptors (Lipinski definition) is 8. The van der Waals surface area contributed by atoms with Crippen molar-refractivity contribution in [1.29, 1.82) is 0 Å². The molecule has 57 heavy (non-hydrogen) atoms. The van der Waals surface area contributed by atoms with Crippen LogP contribution in [0.25, 0.3) is 33.5 Å². The summed E-state index contributed by atoms with van der Waals surface area (Å²) in [5.74, 6) is -0.816. The number of carboxylic acid groups (broad SMARTS) is 1. The Morgan fingerprint density at radius 1 is 0.807 bits per heavy atom. The molecule has 0 aliphatic carbocycles. The molecule has 0 aliphatic heterocycles. The zero-order valence-electron chi connectivity index (χ0n) is 32.9. The van der Waals surface area contributed by atoms with Crippen molar-refractivity contribution in [3.63, 3.8) is 0 Å². The van der Waals surface area contributed by atoms with E-state index < -0.39 is 29.9 Å². The smallest absolute Gasteiger partial charge is 0.326 e. The van der Waals surface area contributed by atoms with Gasteiger partial charge in [0.15, 0.2) is 5.82 Å². The number of ether oxygens (including phenoxy) is 1. The molecule has 1 unspecified atom stereocenters. The fourth-order valence-electron chi connectivity index (χ4n) is 6.47. The highest BCUT2D eigenvalue weighted by molar-refractivity contribution is 7.14. The Balaban J connectivity index is 1.13. The van der Waals surface area contributed by atoms with Gasteiger partial charge in [0.1, 0.15) is 23.5 Å². The summed E-state index contributed by atoms with van der Waals surface area (Å²) < 4.78 is 5.91. The van der Waals surface area contributed by atoms with Gasteiger partial charge in [-0.3, -0.25) is 9.59 Å². The molecule has 6 rings (SSSR count). The summed E-state index contributed by atoms with van der Waals surface area (Å²) in [6, 6.07) is 20.4. The molecule has 296 valence electrons. The molecule has 11 nitrogen and oxygen atoms in total. The van der Waals surface area contributed by atoms with Crippen LogP contribution in [0.15, 0.2) is 97.6 Å². The van der Waals surface area contributed by atoms with Crippen molar-refractivity contribution in [2.45, 2.75) is 90.1 Å². The van der Waals surface area contributed by atoms with Gasteiger partial charge in [0.05, 0.1) is 11.5 Å². The summed E-state index contributed by atoms with van der Waals surface area (Å²) in [6.07, 6.45) is 13.1. The normalized spacial score (nSPS) is 12.6. The number of hydrogen-bond donors (Lipinski definition) is 4. The maximum absolute atomic E-state index is 13.9. The molecule has 4 heterocycles. The maximum Gasteiger partial charge on any atom is 0.326 e. The van der Waals surface area contributed by atoms with Crippen LogP contribution in [0.3, 0.4) is 0 Å². The summed E-state index contributed by atoms with van der Waals surface area (Å²) in [7, 11) is 0. The van der Waals surface area contributed by atoms with Crippen LogP contribution in [0.2, 0.25) is 0 Å². The second-order valence-electron chi connectivity index (χ2n) is 15.2. The van der Waals surface area contributed by atoms with Gasteiger partial charge in [-0.15, -0.1) is 11.3 Å². The zero-order valence-corrected chi connectivity index (χ0v) is 33.7. The van der Waals surface area contributed by atoms with E-state index in [4.69, 9.17) is 4.74 Å². The number of nitrogens with one attached hydrogen (secondary N) is 3. The third kappa shape index (κ3) is 10.9. The van der Waals surface area contributed by atoms with Crippen LogP contribution in [0.1, 0.15) is 85.5 Å². The number of aliphatic carboxylic acids is 1. The second-order valence-corrected chi connectivity index (χ2v) is 16.3. The number of carboxylic acids is 1. The van der Waals surface area contributed by atoms with E-state index in [0.29, 0.717) is 28.5 Å². The maximum atomic E-state index is 13.9. The van der Waals surface area contributed by atoms with Gasteiger partial charge in [-0.25, -0.2) is 19.7 Å². The number of rotatable bonds is 18. The van der Waals surface area contributed by atoms with Crippen molar-refractivity contribution in [3.8, 4) is 28.3 Å². The highest BCUT2D eigenvalue weighted by Gasteiger charge is 2.29. The first-order valence-corrected chi connectivity index (χ1v) is 20.3. The predicted molar refractivity (Wildman–Crippen MR) is 224 cm³/mol. The number of aromatic amines is 1. The van der Waals surface area contributed by atoms with Gasteiger partial charge >= 0.3 is 5.97 Å². The number of carbonyl (C=O) groups excluding carboxylic acids is 2. The molecule has 6 aromatic rings. The number of amides is 2. The lowest BCUT2D eigenvalue weighted by Gasteiger charge is -2.22. The summed E-state index contributed by atoms with van der Waals surface area (Å²) >= 11 is 1.37. The summed E-state index contributed by atoms with van der Waals surface area (Å²) in [5.41, 5.74) is 4.60. The van der Waals surface area contributed by atoms with E-state index in [1.54, 1.807) is 36.9 Å². The van der Waals surface area contributed by atoms with E-state index >= 15 is 0 Å². The number of aromatic nitrogens is 4. The van der Waals surface area contributed by atoms with Crippen molar-refractivity contribution in [3.05, 3.63) is 118 Å². The lowest BCUT2D eigenvalue weighted by atomic mass is 9.95. The van der Waals surface area contributed by atoms with E-state index in [0.717, 1.165) is 44.7 Å². The summed E-state index contributed by atoms with van der Waals surface area (Å²) in [4.78, 5) is 57.9. The molecule has 2 amide bonds. The minimum atomic E-state index is -1.25. The van der Waals surface area contributed by atoms with Crippen molar-refractivity contribution < 1.29 is 24.2 Å². The van der Waals surface area contributed by atoms with Crippen LogP contribution in [0.5, 0.6) is 5.75 Å². The minimum Gasteiger partial charge on any atom is -0.494 e. The van der Waals surface area contributed by atoms with E-state index in [9.17, 15) is 19.5 Å². The Bertz CT molecular complexity index is 2260. The van der Waals surface area contributed by atoms with Crippen LogP contribution in [-0.2, 0) is 27.8 Å². The van der Waals surface area contributed by atoms with E-state index in [1.165, 1.54) is 37.0 Å². The van der Waals surface area contributed by atoms with Crippen molar-refractivity contribution >= 4 is 40.2 Å². The monoisotopic (exact) mass is 786 g/mol. The fourth-order valence-corrected chi connectivity index (χ4v) is 7.43. The Kier molecular flexibility index (Phi) is 13.5. The number of H-pyrrole nitrogens is 1. The van der Waals surface area contributed by atoms with Gasteiger partial charge in [-0.05, 0) is 64.9 Å². The van der Waals surface area contributed by atoms with Gasteiger partial charge in [0.2, 0.25) is 5.91 Å². The standard InChI is InChI=1S/C45H50N6O5S/c1-5-6-7-8-9-23-56-34-18-16-30(17-19-34)33-27-47-40(48-28-33)31-14-12-29(13-15-31)24-36(50-43(53)38-20-21-39(57-38)45(2,3)4)42(52)51-37(44(54)55)25-32-26-49-41-35(32)11-10-22-46-41/h10-22,26-28,36-37H,5-9,23-25H2,1-4H3,(H,46,49)(H,50,53)(H,51,52)(H,54,55)/t36-,37?/m0/s1. The number of thiophene rings is 1. The third-order valence-corrected chi connectivity index (χ3v) is 11.3. The van der Waals surface area contributed by atoms with Gasteiger partial charge < -0.3 is 25.5 Å². The zero-order chi connectivity index (χ0) is 40.4. The van der Waals surface area contributed by atoms with Crippen LogP contribution in [0, 0.1) is 0 Å². The number of carbonyl (C=O) groups is 3. The average molecular weight is 787 g/mol. The second kappa shape index (κ2) is 18.8. The first-order chi connectivity index (χ1) is 27.5. The molecule has 0 saturated carbocycles. The Hall–Kier alpha value is -5.88. The van der Waals surface area contributed by atoms with E-state index in [1.807, 2.05) is 60.7 Å². The van der Waals surface area contributed by atoms with Gasteiger partial charge in [0, 0.05) is 59.0 Å². The largest absolute Gasteiger partial charge is 0.494 e. The summed E-state index contributed by atoms with van der Waals surface area (Å²) in [6.45, 7) is 9.14. The Morgan fingerprint density at radius 2 is 1.53 bits per heavy atom. The number of nitrogens with zero attached hydrogens (tertiary/aromatic N) is 3. The highest BCUT2D eigenvalue weighted by Crippen LogP contribution is 2.30. The van der Waals surface area contributed by atoms with Crippen LogP contribution >= 0.6 is 11.3 Å². The number of fused-ring (bicyclic) bond motifs is 1. The average Bonchev–Trinajstić information content (AvgIpc) is 3.88. The first-order valence-electron chi connectivity index (χ1n) is 19.5. The van der Waals surface area contributed by atoms with E-state index in [2.05, 4.69) is 58.3 Å². The van der Waals surface area contributed by atoms with Crippen LogP contribution in [-0.4, -0.2) is 61.5 Å². The molecule has 0 fully saturated rings. The lowest BCUT2D eigenvalue weighted by molar-refractivity contribution is -0.142. The molecule has 2 aromatic carbocycles. The molecule has 0 radical (unpaired) electrons. The van der Waals surface area contributed by atoms with Gasteiger partial charge in [-0.2, -0.15) is 0 Å². The number of unbranched alkanes of at least 4 members (excludes halogenated alkanes) is 4. The van der Waals surface area contributed by atoms with Gasteiger partial charge in [0.25, 0.3) is 5.91 Å². The predicted octanol–water partition coefficient (Wildman–Crippen LogP) is 8.55. The van der Waals surface area contributed by atoms with Crippen molar-refractivity contribution in [1.82, 2.24) is 30.6 Å². The van der Waals surface area contributed by atoms with Crippen LogP contribution in [0.4, 0.5) is 0 Å². The topological polar surface area (TPSA) is 159 Å². The molecule has 12 heteroatoms. The molecular formula is C45H50N6O5S. The molecule has 2 atom stereocenters. The number of benzene rings is 2.